The van der Waals surface area contributed by atoms with E-state index in [1.807, 2.05) is 29.1 Å². The Morgan fingerprint density at radius 3 is 2.77 bits per heavy atom. The molecule has 1 aromatic heterocycles. The van der Waals surface area contributed by atoms with Crippen LogP contribution in [-0.2, 0) is 18.6 Å². The van der Waals surface area contributed by atoms with Crippen LogP contribution in [-0.4, -0.2) is 16.9 Å². The molecule has 1 heterocycles. The van der Waals surface area contributed by atoms with Crippen LogP contribution < -0.4 is 10.1 Å². The highest BCUT2D eigenvalue weighted by Crippen LogP contribution is 2.45. The van der Waals surface area contributed by atoms with Crippen LogP contribution in [0.5, 0.6) is 5.75 Å². The Hall–Kier alpha value is -2.66. The van der Waals surface area contributed by atoms with Crippen molar-refractivity contribution in [1.29, 1.82) is 0 Å². The molecule has 1 fully saturated rings. The van der Waals surface area contributed by atoms with Gasteiger partial charge in [0.05, 0.1) is 13.7 Å². The molecular weight excluding hydrogens is 329 g/mol. The zero-order chi connectivity index (χ0) is 18.0. The van der Waals surface area contributed by atoms with Crippen molar-refractivity contribution in [2.24, 2.45) is 0 Å². The van der Waals surface area contributed by atoms with E-state index in [0.29, 0.717) is 6.54 Å². The van der Waals surface area contributed by atoms with Gasteiger partial charge in [0.15, 0.2) is 0 Å². The molecule has 0 saturated heterocycles. The van der Waals surface area contributed by atoms with Crippen molar-refractivity contribution >= 4 is 0 Å². The van der Waals surface area contributed by atoms with E-state index in [1.54, 1.807) is 25.4 Å². The number of hydrogen-bond acceptors (Lipinski definition) is 3. The van der Waals surface area contributed by atoms with Crippen molar-refractivity contribution in [1.82, 2.24) is 15.1 Å². The van der Waals surface area contributed by atoms with E-state index in [-0.39, 0.29) is 11.4 Å². The summed E-state index contributed by atoms with van der Waals surface area (Å²) in [5.41, 5.74) is 3.20. The predicted molar refractivity (Wildman–Crippen MR) is 98.5 cm³/mol. The van der Waals surface area contributed by atoms with Crippen molar-refractivity contribution < 1.29 is 9.13 Å². The minimum Gasteiger partial charge on any atom is -0.496 e. The number of nitrogens with zero attached hydrogens (tertiary/aromatic N) is 2. The Kier molecular flexibility index (Phi) is 4.47. The first-order valence-corrected chi connectivity index (χ1v) is 8.83. The first kappa shape index (κ1) is 16.8. The van der Waals surface area contributed by atoms with Gasteiger partial charge in [-0.25, -0.2) is 4.39 Å². The second-order valence-corrected chi connectivity index (χ2v) is 6.80. The molecule has 4 rings (SSSR count). The summed E-state index contributed by atoms with van der Waals surface area (Å²) < 4.78 is 20.9. The van der Waals surface area contributed by atoms with Crippen LogP contribution in [0.2, 0.25) is 0 Å². The molecule has 0 bridgehead atoms. The average molecular weight is 351 g/mol. The van der Waals surface area contributed by atoms with E-state index in [4.69, 9.17) is 4.74 Å². The van der Waals surface area contributed by atoms with Gasteiger partial charge in [0.1, 0.15) is 11.6 Å². The van der Waals surface area contributed by atoms with Crippen molar-refractivity contribution in [2.75, 3.05) is 7.11 Å². The molecule has 3 aromatic rings. The molecule has 0 atom stereocenters. The fourth-order valence-electron chi connectivity index (χ4n) is 3.38. The maximum atomic E-state index is 13.6. The highest BCUT2D eigenvalue weighted by molar-refractivity contribution is 5.38. The van der Waals surface area contributed by atoms with E-state index in [9.17, 15) is 4.39 Å². The lowest BCUT2D eigenvalue weighted by molar-refractivity contribution is 0.407. The summed E-state index contributed by atoms with van der Waals surface area (Å²) in [6, 6.07) is 15.0. The smallest absolute Gasteiger partial charge is 0.123 e. The van der Waals surface area contributed by atoms with Gasteiger partial charge in [-0.1, -0.05) is 18.2 Å². The lowest BCUT2D eigenvalue weighted by Gasteiger charge is -2.19. The van der Waals surface area contributed by atoms with Gasteiger partial charge in [0.2, 0.25) is 0 Å². The van der Waals surface area contributed by atoms with E-state index in [1.165, 1.54) is 11.6 Å². The molecule has 2 aromatic carbocycles. The maximum absolute atomic E-state index is 13.6. The van der Waals surface area contributed by atoms with Crippen LogP contribution in [0, 0.1) is 5.82 Å². The van der Waals surface area contributed by atoms with Gasteiger partial charge in [0, 0.05) is 30.0 Å². The molecule has 5 heteroatoms. The van der Waals surface area contributed by atoms with Crippen LogP contribution in [0.4, 0.5) is 4.39 Å². The molecular formula is C21H22FN3O. The first-order valence-electron chi connectivity index (χ1n) is 8.83. The molecule has 0 aliphatic heterocycles. The Balaban J connectivity index is 1.50. The van der Waals surface area contributed by atoms with Gasteiger partial charge in [-0.3, -0.25) is 4.68 Å². The molecule has 26 heavy (non-hydrogen) atoms. The lowest BCUT2D eigenvalue weighted by atomic mass is 10.0. The molecule has 1 aliphatic rings. The summed E-state index contributed by atoms with van der Waals surface area (Å²) in [5, 5.41) is 7.89. The molecule has 0 radical (unpaired) electrons. The third-order valence-electron chi connectivity index (χ3n) is 4.99. The van der Waals surface area contributed by atoms with Gasteiger partial charge >= 0.3 is 0 Å². The number of hydrogen-bond donors (Lipinski definition) is 1. The quantitative estimate of drug-likeness (QED) is 0.703. The molecule has 134 valence electrons. The zero-order valence-electron chi connectivity index (χ0n) is 14.8. The third kappa shape index (κ3) is 3.48. The maximum Gasteiger partial charge on any atom is 0.123 e. The van der Waals surface area contributed by atoms with Gasteiger partial charge < -0.3 is 10.1 Å². The Bertz CT molecular complexity index is 888. The fraction of sp³-hybridized carbons (Fsp3) is 0.286. The minimum absolute atomic E-state index is 0.0931. The zero-order valence-corrected chi connectivity index (χ0v) is 14.8. The third-order valence-corrected chi connectivity index (χ3v) is 4.99. The second-order valence-electron chi connectivity index (χ2n) is 6.80. The molecule has 0 spiro atoms. The highest BCUT2D eigenvalue weighted by Gasteiger charge is 2.43. The summed E-state index contributed by atoms with van der Waals surface area (Å²) in [4.78, 5) is 0. The Morgan fingerprint density at radius 2 is 2.08 bits per heavy atom. The summed E-state index contributed by atoms with van der Waals surface area (Å²) >= 11 is 0. The van der Waals surface area contributed by atoms with Gasteiger partial charge in [-0.2, -0.15) is 5.10 Å². The van der Waals surface area contributed by atoms with Gasteiger partial charge in [0.25, 0.3) is 0 Å². The summed E-state index contributed by atoms with van der Waals surface area (Å²) in [5.74, 6) is 0.678. The standard InChI is InChI=1S/C21H22FN3O/c1-26-20-7-6-16(12-17(20)15-25-11-3-10-24-25)14-23-21(8-9-21)18-4-2-5-19(22)13-18/h2-7,10-13,23H,8-9,14-15H2,1H3. The minimum atomic E-state index is -0.179. The number of ether oxygens (including phenoxy) is 1. The van der Waals surface area contributed by atoms with Crippen molar-refractivity contribution in [3.8, 4) is 5.75 Å². The fourth-order valence-corrected chi connectivity index (χ4v) is 3.38. The summed E-state index contributed by atoms with van der Waals surface area (Å²) in [6.45, 7) is 1.39. The van der Waals surface area contributed by atoms with Crippen LogP contribution in [0.15, 0.2) is 60.9 Å². The van der Waals surface area contributed by atoms with Gasteiger partial charge in [-0.15, -0.1) is 0 Å². The van der Waals surface area contributed by atoms with Crippen molar-refractivity contribution in [3.63, 3.8) is 0 Å². The summed E-state index contributed by atoms with van der Waals surface area (Å²) in [6.07, 6.45) is 5.78. The SMILES string of the molecule is COc1ccc(CNC2(c3cccc(F)c3)CC2)cc1Cn1cccn1. The molecule has 1 aliphatic carbocycles. The number of nitrogens with one attached hydrogen (secondary N) is 1. The Labute approximate surface area is 152 Å². The summed E-state index contributed by atoms with van der Waals surface area (Å²) in [7, 11) is 1.68. The van der Waals surface area contributed by atoms with E-state index < -0.39 is 0 Å². The first-order chi connectivity index (χ1) is 12.7. The van der Waals surface area contributed by atoms with Crippen molar-refractivity contribution in [3.05, 3.63) is 83.4 Å². The molecule has 1 saturated carbocycles. The number of methoxy groups -OCH3 is 1. The van der Waals surface area contributed by atoms with E-state index >= 15 is 0 Å². The topological polar surface area (TPSA) is 39.1 Å². The monoisotopic (exact) mass is 351 g/mol. The van der Waals surface area contributed by atoms with Crippen LogP contribution in [0.25, 0.3) is 0 Å². The highest BCUT2D eigenvalue weighted by atomic mass is 19.1. The molecule has 0 unspecified atom stereocenters. The van der Waals surface area contributed by atoms with E-state index in [2.05, 4.69) is 22.5 Å². The normalized spacial score (nSPS) is 15.0. The Morgan fingerprint density at radius 1 is 1.19 bits per heavy atom. The molecule has 1 N–H and O–H groups in total. The molecule has 0 amide bonds. The second kappa shape index (κ2) is 6.92. The number of rotatable bonds is 7. The van der Waals surface area contributed by atoms with Crippen LogP contribution >= 0.6 is 0 Å². The van der Waals surface area contributed by atoms with Crippen LogP contribution in [0.1, 0.15) is 29.5 Å². The number of halogens is 1. The van der Waals surface area contributed by atoms with Crippen molar-refractivity contribution in [2.45, 2.75) is 31.5 Å². The largest absolute Gasteiger partial charge is 0.496 e. The lowest BCUT2D eigenvalue weighted by Crippen LogP contribution is -2.28. The van der Waals surface area contributed by atoms with Crippen LogP contribution in [0.3, 0.4) is 0 Å². The predicted octanol–water partition coefficient (Wildman–Crippen LogP) is 3.86. The average Bonchev–Trinajstić information content (AvgIpc) is 3.28. The van der Waals surface area contributed by atoms with Gasteiger partial charge in [-0.05, 0) is 54.3 Å². The van der Waals surface area contributed by atoms with E-state index in [0.717, 1.165) is 36.3 Å². The number of aromatic nitrogens is 2. The number of benzene rings is 2. The molecule has 4 nitrogen and oxygen atoms in total.